The van der Waals surface area contributed by atoms with Crippen LogP contribution in [-0.2, 0) is 0 Å². The Balaban J connectivity index is 2.36. The number of benzene rings is 1. The average Bonchev–Trinajstić information content (AvgIpc) is 2.67. The zero-order valence-corrected chi connectivity index (χ0v) is 10.5. The Hall–Kier alpha value is -2.29. The number of aromatic nitrogens is 2. The number of hydrogen-bond donors (Lipinski definition) is 1. The Morgan fingerprint density at radius 1 is 1.11 bits per heavy atom. The summed E-state index contributed by atoms with van der Waals surface area (Å²) in [4.78, 5) is 4.67. The van der Waals surface area contributed by atoms with Gasteiger partial charge in [0.1, 0.15) is 5.82 Å². The maximum atomic E-state index is 5.88. The molecule has 0 saturated carbocycles. The van der Waals surface area contributed by atoms with E-state index in [-0.39, 0.29) is 0 Å². The van der Waals surface area contributed by atoms with Crippen molar-refractivity contribution < 1.29 is 0 Å². The second kappa shape index (κ2) is 3.88. The lowest BCUT2D eigenvalue weighted by atomic mass is 10.1. The van der Waals surface area contributed by atoms with E-state index in [1.807, 2.05) is 37.4 Å². The fourth-order valence-electron chi connectivity index (χ4n) is 2.29. The molecule has 0 saturated heterocycles. The maximum absolute atomic E-state index is 5.88. The summed E-state index contributed by atoms with van der Waals surface area (Å²) < 4.78 is 2.07. The summed E-state index contributed by atoms with van der Waals surface area (Å²) in [6.45, 7) is 4.10. The number of nitrogens with zero attached hydrogens (tertiary/aromatic N) is 2. The van der Waals surface area contributed by atoms with Gasteiger partial charge < -0.3 is 10.1 Å². The summed E-state index contributed by atoms with van der Waals surface area (Å²) in [6, 6.07) is 12.1. The van der Waals surface area contributed by atoms with E-state index in [4.69, 9.17) is 5.73 Å². The van der Waals surface area contributed by atoms with Crippen LogP contribution in [-0.4, -0.2) is 9.38 Å². The maximum Gasteiger partial charge on any atom is 0.110 e. The molecule has 2 aromatic heterocycles. The molecule has 0 bridgehead atoms. The largest absolute Gasteiger partial charge is 0.399 e. The van der Waals surface area contributed by atoms with Crippen LogP contribution in [0.2, 0.25) is 0 Å². The van der Waals surface area contributed by atoms with Crippen molar-refractivity contribution in [2.24, 2.45) is 0 Å². The van der Waals surface area contributed by atoms with Gasteiger partial charge in [0.05, 0.1) is 11.2 Å². The van der Waals surface area contributed by atoms with Crippen LogP contribution in [0.3, 0.4) is 0 Å². The number of nitrogens with two attached hydrogens (primary N) is 1. The normalized spacial score (nSPS) is 11.0. The van der Waals surface area contributed by atoms with Gasteiger partial charge >= 0.3 is 0 Å². The van der Waals surface area contributed by atoms with E-state index in [0.717, 1.165) is 28.3 Å². The first kappa shape index (κ1) is 10.8. The van der Waals surface area contributed by atoms with Gasteiger partial charge in [-0.2, -0.15) is 0 Å². The van der Waals surface area contributed by atoms with Crippen LogP contribution in [0.15, 0.2) is 42.6 Å². The van der Waals surface area contributed by atoms with Crippen molar-refractivity contribution in [2.75, 3.05) is 5.73 Å². The summed E-state index contributed by atoms with van der Waals surface area (Å²) >= 11 is 0. The number of hydrogen-bond acceptors (Lipinski definition) is 2. The van der Waals surface area contributed by atoms with E-state index >= 15 is 0 Å². The number of nitrogen functional groups attached to an aromatic ring is 1. The van der Waals surface area contributed by atoms with Crippen LogP contribution in [0.4, 0.5) is 5.69 Å². The quantitative estimate of drug-likeness (QED) is 0.706. The number of fused-ring (bicyclic) bond motifs is 1. The minimum Gasteiger partial charge on any atom is -0.399 e. The second-order valence-electron chi connectivity index (χ2n) is 4.54. The number of rotatable bonds is 1. The Bertz CT molecular complexity index is 726. The molecule has 0 aliphatic heterocycles. The molecule has 2 N–H and O–H groups in total. The first-order valence-electron chi connectivity index (χ1n) is 5.97. The highest BCUT2D eigenvalue weighted by Gasteiger charge is 2.11. The molecule has 3 nitrogen and oxygen atoms in total. The number of pyridine rings is 1. The lowest BCUT2D eigenvalue weighted by Crippen LogP contribution is -1.90. The highest BCUT2D eigenvalue weighted by Crippen LogP contribution is 2.28. The van der Waals surface area contributed by atoms with Crippen LogP contribution in [0.25, 0.3) is 16.8 Å². The van der Waals surface area contributed by atoms with Crippen LogP contribution >= 0.6 is 0 Å². The SMILES string of the molecule is Cc1ccccc1-c1nc(C)n2ccc(N)cc12. The lowest BCUT2D eigenvalue weighted by Gasteiger charge is -2.03. The molecule has 1 aromatic carbocycles. The second-order valence-corrected chi connectivity index (χ2v) is 4.54. The zero-order valence-electron chi connectivity index (χ0n) is 10.5. The molecule has 3 rings (SSSR count). The van der Waals surface area contributed by atoms with Crippen LogP contribution in [0, 0.1) is 13.8 Å². The monoisotopic (exact) mass is 237 g/mol. The van der Waals surface area contributed by atoms with Gasteiger partial charge in [0, 0.05) is 17.4 Å². The minimum absolute atomic E-state index is 0.761. The third kappa shape index (κ3) is 1.56. The number of anilines is 1. The summed E-state index contributed by atoms with van der Waals surface area (Å²) in [7, 11) is 0. The van der Waals surface area contributed by atoms with E-state index in [2.05, 4.69) is 28.4 Å². The molecule has 3 aromatic rings. The molecule has 0 spiro atoms. The summed E-state index contributed by atoms with van der Waals surface area (Å²) in [5, 5.41) is 0. The van der Waals surface area contributed by atoms with Gasteiger partial charge in [0.15, 0.2) is 0 Å². The van der Waals surface area contributed by atoms with Crippen LogP contribution in [0.5, 0.6) is 0 Å². The predicted octanol–water partition coefficient (Wildman–Crippen LogP) is 3.20. The van der Waals surface area contributed by atoms with Gasteiger partial charge in [-0.25, -0.2) is 4.98 Å². The fraction of sp³-hybridized carbons (Fsp3) is 0.133. The van der Waals surface area contributed by atoms with Crippen molar-refractivity contribution in [3.8, 4) is 11.3 Å². The third-order valence-electron chi connectivity index (χ3n) is 3.24. The Kier molecular flexibility index (Phi) is 2.33. The lowest BCUT2D eigenvalue weighted by molar-refractivity contribution is 1.05. The molecule has 3 heteroatoms. The van der Waals surface area contributed by atoms with Gasteiger partial charge in [0.2, 0.25) is 0 Å². The van der Waals surface area contributed by atoms with E-state index in [1.54, 1.807) is 0 Å². The highest BCUT2D eigenvalue weighted by molar-refractivity contribution is 5.81. The molecule has 0 radical (unpaired) electrons. The number of imidazole rings is 1. The molecule has 90 valence electrons. The summed E-state index contributed by atoms with van der Waals surface area (Å²) in [6.07, 6.45) is 1.97. The van der Waals surface area contributed by atoms with E-state index in [1.165, 1.54) is 5.56 Å². The van der Waals surface area contributed by atoms with Gasteiger partial charge in [-0.1, -0.05) is 24.3 Å². The van der Waals surface area contributed by atoms with Gasteiger partial charge in [-0.15, -0.1) is 0 Å². The van der Waals surface area contributed by atoms with Crippen molar-refractivity contribution in [1.29, 1.82) is 0 Å². The molecule has 0 aliphatic carbocycles. The molecule has 0 unspecified atom stereocenters. The van der Waals surface area contributed by atoms with E-state index in [0.29, 0.717) is 0 Å². The molecule has 0 fully saturated rings. The molecular weight excluding hydrogens is 222 g/mol. The topological polar surface area (TPSA) is 43.3 Å². The van der Waals surface area contributed by atoms with E-state index < -0.39 is 0 Å². The van der Waals surface area contributed by atoms with Gasteiger partial charge in [-0.05, 0) is 31.5 Å². The highest BCUT2D eigenvalue weighted by atomic mass is 15.0. The van der Waals surface area contributed by atoms with Crippen LogP contribution < -0.4 is 5.73 Å². The van der Waals surface area contributed by atoms with E-state index in [9.17, 15) is 0 Å². The number of aryl methyl sites for hydroxylation is 2. The van der Waals surface area contributed by atoms with Gasteiger partial charge in [-0.3, -0.25) is 0 Å². The summed E-state index contributed by atoms with van der Waals surface area (Å²) in [5.41, 5.74) is 11.1. The predicted molar refractivity (Wildman–Crippen MR) is 74.5 cm³/mol. The van der Waals surface area contributed by atoms with Crippen molar-refractivity contribution >= 4 is 11.2 Å². The average molecular weight is 237 g/mol. The van der Waals surface area contributed by atoms with Gasteiger partial charge in [0.25, 0.3) is 0 Å². The van der Waals surface area contributed by atoms with Crippen molar-refractivity contribution in [3.63, 3.8) is 0 Å². The Morgan fingerprint density at radius 2 is 1.89 bits per heavy atom. The smallest absolute Gasteiger partial charge is 0.110 e. The van der Waals surface area contributed by atoms with Crippen molar-refractivity contribution in [2.45, 2.75) is 13.8 Å². The first-order chi connectivity index (χ1) is 8.66. The third-order valence-corrected chi connectivity index (χ3v) is 3.24. The molecule has 0 atom stereocenters. The Morgan fingerprint density at radius 3 is 2.67 bits per heavy atom. The summed E-state index contributed by atoms with van der Waals surface area (Å²) in [5.74, 6) is 0.975. The van der Waals surface area contributed by atoms with Crippen molar-refractivity contribution in [1.82, 2.24) is 9.38 Å². The minimum atomic E-state index is 0.761. The standard InChI is InChI=1S/C15H15N3/c1-10-5-3-4-6-13(10)15-14-9-12(16)7-8-18(14)11(2)17-15/h3-9H,16H2,1-2H3. The first-order valence-corrected chi connectivity index (χ1v) is 5.97. The molecule has 0 amide bonds. The zero-order chi connectivity index (χ0) is 12.7. The molecule has 2 heterocycles. The molecule has 18 heavy (non-hydrogen) atoms. The fourth-order valence-corrected chi connectivity index (χ4v) is 2.29. The molecular formula is C15H15N3. The molecule has 0 aliphatic rings. The van der Waals surface area contributed by atoms with Crippen LogP contribution in [0.1, 0.15) is 11.4 Å². The van der Waals surface area contributed by atoms with Crippen molar-refractivity contribution in [3.05, 3.63) is 54.0 Å². The Labute approximate surface area is 106 Å².